The van der Waals surface area contributed by atoms with Crippen LogP contribution >= 0.6 is 0 Å². The molecule has 5 atom stereocenters. The number of rotatable bonds is 65. The number of hydrogen-bond acceptors (Lipinski definition) is 11. The molecule has 0 spiro atoms. The molecule has 0 aromatic heterocycles. The molecule has 81 heavy (non-hydrogen) atoms. The van der Waals surface area contributed by atoms with Crippen LogP contribution in [-0.4, -0.2) is 174 Å². The molecule has 1 aliphatic heterocycles. The Labute approximate surface area is 505 Å². The summed E-state index contributed by atoms with van der Waals surface area (Å²) >= 11 is 0. The van der Waals surface area contributed by atoms with Crippen LogP contribution < -0.4 is 0 Å². The van der Waals surface area contributed by atoms with E-state index in [1.165, 1.54) is 225 Å². The van der Waals surface area contributed by atoms with E-state index in [0.717, 1.165) is 130 Å². The summed E-state index contributed by atoms with van der Waals surface area (Å²) < 4.78 is 0. The van der Waals surface area contributed by atoms with E-state index in [1.54, 1.807) is 0 Å². The Morgan fingerprint density at radius 2 is 0.519 bits per heavy atom. The standard InChI is InChI=1S/C70H144N6O5/c1-6-11-16-21-26-31-36-41-46-66(71-81)61-74(58-60-76(64-69(79)49-44-39-34-29-24-19-14-9-4)65-70(80)50-45-40-35-30-25-20-15-10-5)57-55-72-51-53-73(54-52-72)56-59-75(62-67(77)47-42-37-32-27-22-17-12-7-2)63-68(78)48-43-38-33-28-23-18-13-8-3/h66-70,77-80H,6-65H2,1-5H3. The van der Waals surface area contributed by atoms with Gasteiger partial charge in [-0.3, -0.25) is 24.5 Å². The maximum absolute atomic E-state index is 12.5. The van der Waals surface area contributed by atoms with E-state index in [4.69, 9.17) is 0 Å². The van der Waals surface area contributed by atoms with Crippen molar-refractivity contribution in [3.8, 4) is 0 Å². The van der Waals surface area contributed by atoms with E-state index in [2.05, 4.69) is 64.3 Å². The fourth-order valence-corrected chi connectivity index (χ4v) is 12.5. The molecule has 1 saturated heterocycles. The third-order valence-electron chi connectivity index (χ3n) is 18.1. The molecule has 0 aromatic rings. The lowest BCUT2D eigenvalue weighted by atomic mass is 10.0. The maximum atomic E-state index is 12.5. The fraction of sp³-hybridized carbons (Fsp3) is 1.00. The molecular formula is C70H144N6O5. The van der Waals surface area contributed by atoms with Crippen LogP contribution in [0.15, 0.2) is 5.18 Å². The molecular weight excluding hydrogens is 1000 g/mol. The smallest absolute Gasteiger partial charge is 0.105 e. The number of hydrogen-bond donors (Lipinski definition) is 4. The van der Waals surface area contributed by atoms with Gasteiger partial charge in [0, 0.05) is 98.2 Å². The monoisotopic (exact) mass is 1150 g/mol. The number of unbranched alkanes of at least 4 members (excludes halogenated alkanes) is 35. The summed E-state index contributed by atoms with van der Waals surface area (Å²) in [7, 11) is 0. The van der Waals surface area contributed by atoms with Gasteiger partial charge in [0.1, 0.15) is 6.04 Å². The van der Waals surface area contributed by atoms with Gasteiger partial charge >= 0.3 is 0 Å². The molecule has 0 bridgehead atoms. The Balaban J connectivity index is 2.99. The summed E-state index contributed by atoms with van der Waals surface area (Å²) in [6, 6.07) is -0.226. The highest BCUT2D eigenvalue weighted by Gasteiger charge is 2.24. The first-order valence-electron chi connectivity index (χ1n) is 36.3. The molecule has 1 aliphatic rings. The van der Waals surface area contributed by atoms with Crippen molar-refractivity contribution >= 4 is 0 Å². The molecule has 4 N–H and O–H groups in total. The summed E-state index contributed by atoms with van der Waals surface area (Å²) in [5.74, 6) is 0. The predicted molar refractivity (Wildman–Crippen MR) is 352 cm³/mol. The normalized spacial score (nSPS) is 15.6. The zero-order valence-electron chi connectivity index (χ0n) is 55.2. The van der Waals surface area contributed by atoms with Crippen LogP contribution in [0.25, 0.3) is 0 Å². The summed E-state index contributed by atoms with van der Waals surface area (Å²) in [5.41, 5.74) is 0. The van der Waals surface area contributed by atoms with E-state index in [9.17, 15) is 25.3 Å². The SMILES string of the molecule is CCCCCCCCCCC(O)CN(CCN1CCN(CCN(CCN(CC(O)CCCCCCCCCC)CC(O)CCCCCCCCCC)CC(CCCCCCCCCC)N=O)CC1)CC(O)CCCCCCCCCC. The average Bonchev–Trinajstić information content (AvgIpc) is 3.46. The van der Waals surface area contributed by atoms with Gasteiger partial charge in [-0.15, -0.1) is 0 Å². The molecule has 0 radical (unpaired) electrons. The number of aliphatic hydroxyl groups excluding tert-OH is 4. The van der Waals surface area contributed by atoms with Crippen molar-refractivity contribution in [2.45, 2.75) is 354 Å². The number of nitroso groups, excluding NO2 is 1. The first kappa shape index (κ1) is 78.3. The molecule has 1 heterocycles. The lowest BCUT2D eigenvalue weighted by molar-refractivity contribution is 0.0473. The highest BCUT2D eigenvalue weighted by molar-refractivity contribution is 4.80. The Bertz CT molecular complexity index is 1210. The highest BCUT2D eigenvalue weighted by Crippen LogP contribution is 2.19. The van der Waals surface area contributed by atoms with Crippen LogP contribution in [0.3, 0.4) is 0 Å². The summed E-state index contributed by atoms with van der Waals surface area (Å²) in [6.07, 6.45) is 53.1. The maximum Gasteiger partial charge on any atom is 0.105 e. The van der Waals surface area contributed by atoms with E-state index >= 15 is 0 Å². The van der Waals surface area contributed by atoms with Gasteiger partial charge in [-0.2, -0.15) is 4.91 Å². The highest BCUT2D eigenvalue weighted by atomic mass is 16.3. The topological polar surface area (TPSA) is 127 Å². The van der Waals surface area contributed by atoms with E-state index < -0.39 is 12.2 Å². The van der Waals surface area contributed by atoms with Gasteiger partial charge in [0.15, 0.2) is 0 Å². The lowest BCUT2D eigenvalue weighted by Crippen LogP contribution is -2.51. The molecule has 0 saturated carbocycles. The molecule has 5 unspecified atom stereocenters. The number of piperazine rings is 1. The quantitative estimate of drug-likeness (QED) is 0.0345. The van der Waals surface area contributed by atoms with Gasteiger partial charge in [0.2, 0.25) is 0 Å². The first-order valence-corrected chi connectivity index (χ1v) is 36.3. The third-order valence-corrected chi connectivity index (χ3v) is 18.1. The van der Waals surface area contributed by atoms with Crippen LogP contribution in [-0.2, 0) is 0 Å². The lowest BCUT2D eigenvalue weighted by Gasteiger charge is -2.37. The van der Waals surface area contributed by atoms with Crippen LogP contribution in [0.4, 0.5) is 0 Å². The van der Waals surface area contributed by atoms with Gasteiger partial charge in [0.25, 0.3) is 0 Å². The Hall–Kier alpha value is -0.760. The molecule has 0 amide bonds. The van der Waals surface area contributed by atoms with Gasteiger partial charge in [-0.25, -0.2) is 0 Å². The Morgan fingerprint density at radius 3 is 0.790 bits per heavy atom. The van der Waals surface area contributed by atoms with Crippen LogP contribution in [0, 0.1) is 4.91 Å². The van der Waals surface area contributed by atoms with Crippen LogP contribution in [0.1, 0.15) is 324 Å². The summed E-state index contributed by atoms with van der Waals surface area (Å²) in [4.78, 5) is 24.9. The van der Waals surface area contributed by atoms with Crippen LogP contribution in [0.5, 0.6) is 0 Å². The Morgan fingerprint density at radius 1 is 0.296 bits per heavy atom. The molecule has 1 rings (SSSR count). The minimum atomic E-state index is -0.404. The second kappa shape index (κ2) is 59.6. The molecule has 0 aliphatic carbocycles. The molecule has 1 fully saturated rings. The van der Waals surface area contributed by atoms with Crippen LogP contribution in [0.2, 0.25) is 0 Å². The second-order valence-corrected chi connectivity index (χ2v) is 26.2. The number of nitrogens with zero attached hydrogens (tertiary/aromatic N) is 6. The zero-order valence-corrected chi connectivity index (χ0v) is 55.2. The summed E-state index contributed by atoms with van der Waals surface area (Å²) in [5, 5.41) is 49.2. The zero-order chi connectivity index (χ0) is 58.9. The molecule has 0 aromatic carbocycles. The summed E-state index contributed by atoms with van der Waals surface area (Å²) in [6.45, 7) is 23.7. The predicted octanol–water partition coefficient (Wildman–Crippen LogP) is 16.7. The van der Waals surface area contributed by atoms with Gasteiger partial charge in [0.05, 0.1) is 24.4 Å². The molecule has 484 valence electrons. The van der Waals surface area contributed by atoms with Crippen molar-refractivity contribution in [1.82, 2.24) is 24.5 Å². The molecule has 11 nitrogen and oxygen atoms in total. The number of aliphatic hydroxyl groups is 4. The minimum Gasteiger partial charge on any atom is -0.392 e. The van der Waals surface area contributed by atoms with Crippen molar-refractivity contribution in [3.63, 3.8) is 0 Å². The van der Waals surface area contributed by atoms with Crippen molar-refractivity contribution in [2.24, 2.45) is 5.18 Å². The Kier molecular flexibility index (Phi) is 57.5. The van der Waals surface area contributed by atoms with E-state index in [-0.39, 0.29) is 18.2 Å². The first-order chi connectivity index (χ1) is 39.7. The minimum absolute atomic E-state index is 0.226. The van der Waals surface area contributed by atoms with E-state index in [0.29, 0.717) is 32.7 Å². The van der Waals surface area contributed by atoms with Crippen molar-refractivity contribution in [3.05, 3.63) is 4.91 Å². The van der Waals surface area contributed by atoms with Gasteiger partial charge < -0.3 is 20.4 Å². The van der Waals surface area contributed by atoms with Gasteiger partial charge in [-0.05, 0) is 32.1 Å². The van der Waals surface area contributed by atoms with Crippen molar-refractivity contribution < 1.29 is 20.4 Å². The van der Waals surface area contributed by atoms with Crippen molar-refractivity contribution in [2.75, 3.05) is 98.2 Å². The fourth-order valence-electron chi connectivity index (χ4n) is 12.5. The van der Waals surface area contributed by atoms with E-state index in [1.807, 2.05) is 0 Å². The van der Waals surface area contributed by atoms with Crippen molar-refractivity contribution in [1.29, 1.82) is 0 Å². The van der Waals surface area contributed by atoms with Gasteiger partial charge in [-0.1, -0.05) is 297 Å². The second-order valence-electron chi connectivity index (χ2n) is 26.2. The average molecular weight is 1150 g/mol. The molecule has 11 heteroatoms. The largest absolute Gasteiger partial charge is 0.392 e. The third kappa shape index (κ3) is 51.0.